The zero-order valence-corrected chi connectivity index (χ0v) is 11.9. The van der Waals surface area contributed by atoms with Gasteiger partial charge in [0, 0.05) is 5.69 Å². The number of aryl methyl sites for hydroxylation is 1. The van der Waals surface area contributed by atoms with Gasteiger partial charge in [0.1, 0.15) is 5.92 Å². The Balaban J connectivity index is 1.84. The monoisotopic (exact) mass is 287 g/mol. The van der Waals surface area contributed by atoms with Crippen LogP contribution in [0.2, 0.25) is 0 Å². The third-order valence-electron chi connectivity index (χ3n) is 4.35. The molecule has 5 heteroatoms. The third kappa shape index (κ3) is 2.23. The van der Waals surface area contributed by atoms with Crippen molar-refractivity contribution in [2.45, 2.75) is 26.1 Å². The fourth-order valence-electron chi connectivity index (χ4n) is 3.02. The quantitative estimate of drug-likeness (QED) is 0.833. The molecule has 4 atom stereocenters. The molecule has 3 rings (SSSR count). The number of rotatable bonds is 3. The van der Waals surface area contributed by atoms with Crippen LogP contribution in [0.4, 0.5) is 5.69 Å². The van der Waals surface area contributed by atoms with E-state index >= 15 is 0 Å². The molecule has 110 valence electrons. The Morgan fingerprint density at radius 3 is 2.48 bits per heavy atom. The molecule has 2 N–H and O–H groups in total. The molecule has 1 amide bonds. The van der Waals surface area contributed by atoms with E-state index in [1.54, 1.807) is 12.2 Å². The smallest absolute Gasteiger partial charge is 0.310 e. The number of carbonyl (C=O) groups excluding carboxylic acids is 1. The standard InChI is InChI=1S/C16H17NO4/c1-8-4-3-5-10(9(8)2)17-15(18)13-11-6-7-12(21-11)14(13)16(19)20/h3-7,11-14H,1-2H3,(H,17,18)(H,19,20)/t11-,12+,13-,14+/m1/s1. The van der Waals surface area contributed by atoms with E-state index in [1.807, 2.05) is 32.0 Å². The van der Waals surface area contributed by atoms with Gasteiger partial charge < -0.3 is 15.2 Å². The van der Waals surface area contributed by atoms with Crippen molar-refractivity contribution in [1.82, 2.24) is 0 Å². The van der Waals surface area contributed by atoms with Crippen LogP contribution in [0, 0.1) is 25.7 Å². The highest BCUT2D eigenvalue weighted by molar-refractivity contribution is 5.97. The van der Waals surface area contributed by atoms with Gasteiger partial charge in [-0.1, -0.05) is 24.3 Å². The molecule has 2 heterocycles. The first-order chi connectivity index (χ1) is 9.99. The molecule has 1 saturated heterocycles. The highest BCUT2D eigenvalue weighted by Crippen LogP contribution is 2.40. The van der Waals surface area contributed by atoms with Gasteiger partial charge in [-0.3, -0.25) is 9.59 Å². The molecule has 1 fully saturated rings. The summed E-state index contributed by atoms with van der Waals surface area (Å²) in [4.78, 5) is 23.9. The summed E-state index contributed by atoms with van der Waals surface area (Å²) in [6, 6.07) is 5.65. The summed E-state index contributed by atoms with van der Waals surface area (Å²) in [7, 11) is 0. The summed E-state index contributed by atoms with van der Waals surface area (Å²) in [5, 5.41) is 12.2. The number of ether oxygens (including phenoxy) is 1. The molecular weight excluding hydrogens is 270 g/mol. The Labute approximate surface area is 122 Å². The summed E-state index contributed by atoms with van der Waals surface area (Å²) in [5.41, 5.74) is 2.78. The van der Waals surface area contributed by atoms with E-state index in [4.69, 9.17) is 4.74 Å². The summed E-state index contributed by atoms with van der Waals surface area (Å²) < 4.78 is 5.52. The second-order valence-electron chi connectivity index (χ2n) is 5.58. The summed E-state index contributed by atoms with van der Waals surface area (Å²) in [5.74, 6) is -2.79. The van der Waals surface area contributed by atoms with Gasteiger partial charge in [0.25, 0.3) is 0 Å². The molecule has 0 spiro atoms. The second-order valence-corrected chi connectivity index (χ2v) is 5.58. The lowest BCUT2D eigenvalue weighted by molar-refractivity contribution is -0.145. The third-order valence-corrected chi connectivity index (χ3v) is 4.35. The number of hydrogen-bond donors (Lipinski definition) is 2. The van der Waals surface area contributed by atoms with Gasteiger partial charge in [0.2, 0.25) is 5.91 Å². The Kier molecular flexibility index (Phi) is 3.29. The number of carboxylic acid groups (broad SMARTS) is 1. The van der Waals surface area contributed by atoms with Crippen LogP contribution in [0.15, 0.2) is 30.4 Å². The number of hydrogen-bond acceptors (Lipinski definition) is 3. The van der Waals surface area contributed by atoms with Crippen molar-refractivity contribution in [3.8, 4) is 0 Å². The number of anilines is 1. The number of aliphatic carboxylic acids is 1. The maximum atomic E-state index is 12.5. The lowest BCUT2D eigenvalue weighted by Gasteiger charge is -2.21. The fraction of sp³-hybridized carbons (Fsp3) is 0.375. The van der Waals surface area contributed by atoms with E-state index in [0.29, 0.717) is 0 Å². The highest BCUT2D eigenvalue weighted by Gasteiger charge is 2.53. The first-order valence-corrected chi connectivity index (χ1v) is 6.92. The van der Waals surface area contributed by atoms with Crippen LogP contribution in [0.25, 0.3) is 0 Å². The molecule has 2 bridgehead atoms. The van der Waals surface area contributed by atoms with Crippen molar-refractivity contribution < 1.29 is 19.4 Å². The van der Waals surface area contributed by atoms with E-state index in [1.165, 1.54) is 0 Å². The Bertz CT molecular complexity index is 637. The van der Waals surface area contributed by atoms with Crippen LogP contribution in [-0.2, 0) is 14.3 Å². The number of benzene rings is 1. The topological polar surface area (TPSA) is 75.6 Å². The number of fused-ring (bicyclic) bond motifs is 2. The van der Waals surface area contributed by atoms with Crippen LogP contribution >= 0.6 is 0 Å². The maximum absolute atomic E-state index is 12.5. The minimum absolute atomic E-state index is 0.298. The maximum Gasteiger partial charge on any atom is 0.310 e. The number of carboxylic acids is 1. The molecule has 2 aliphatic heterocycles. The van der Waals surface area contributed by atoms with Gasteiger partial charge in [-0.15, -0.1) is 0 Å². The van der Waals surface area contributed by atoms with Gasteiger partial charge in [-0.05, 0) is 31.0 Å². The molecule has 1 aromatic rings. The molecule has 5 nitrogen and oxygen atoms in total. The summed E-state index contributed by atoms with van der Waals surface area (Å²) in [6.45, 7) is 3.89. The van der Waals surface area contributed by atoms with Gasteiger partial charge in [0.05, 0.1) is 18.1 Å². The largest absolute Gasteiger partial charge is 0.481 e. The van der Waals surface area contributed by atoms with Crippen molar-refractivity contribution in [3.63, 3.8) is 0 Å². The molecule has 1 aromatic carbocycles. The average molecular weight is 287 g/mol. The second kappa shape index (κ2) is 5.00. The van der Waals surface area contributed by atoms with E-state index in [-0.39, 0.29) is 5.91 Å². The summed E-state index contributed by atoms with van der Waals surface area (Å²) in [6.07, 6.45) is 2.56. The lowest BCUT2D eigenvalue weighted by atomic mass is 9.82. The van der Waals surface area contributed by atoms with Gasteiger partial charge in [-0.25, -0.2) is 0 Å². The van der Waals surface area contributed by atoms with Gasteiger partial charge >= 0.3 is 5.97 Å². The number of amides is 1. The fourth-order valence-corrected chi connectivity index (χ4v) is 3.02. The average Bonchev–Trinajstić information content (AvgIpc) is 3.04. The van der Waals surface area contributed by atoms with Crippen molar-refractivity contribution in [2.75, 3.05) is 5.32 Å². The molecule has 0 aromatic heterocycles. The molecule has 2 aliphatic rings. The molecule has 0 unspecified atom stereocenters. The molecule has 0 saturated carbocycles. The zero-order valence-electron chi connectivity index (χ0n) is 11.9. The van der Waals surface area contributed by atoms with E-state index < -0.39 is 30.0 Å². The Morgan fingerprint density at radius 2 is 1.81 bits per heavy atom. The predicted octanol–water partition coefficient (Wildman–Crippen LogP) is 1.90. The predicted molar refractivity (Wildman–Crippen MR) is 77.0 cm³/mol. The van der Waals surface area contributed by atoms with E-state index in [0.717, 1.165) is 16.8 Å². The summed E-state index contributed by atoms with van der Waals surface area (Å²) >= 11 is 0. The normalized spacial score (nSPS) is 29.6. The highest BCUT2D eigenvalue weighted by atomic mass is 16.5. The molecule has 0 radical (unpaired) electrons. The first kappa shape index (κ1) is 13.8. The zero-order chi connectivity index (χ0) is 15.1. The molecule has 21 heavy (non-hydrogen) atoms. The molecular formula is C16H17NO4. The van der Waals surface area contributed by atoms with E-state index in [9.17, 15) is 14.7 Å². The Hall–Kier alpha value is -2.14. The van der Waals surface area contributed by atoms with Crippen molar-refractivity contribution in [2.24, 2.45) is 11.8 Å². The Morgan fingerprint density at radius 1 is 1.14 bits per heavy atom. The SMILES string of the molecule is Cc1cccc(NC(=O)[C@H]2[C@@H](C(=O)O)[C@@H]3C=C[C@H]2O3)c1C. The van der Waals surface area contributed by atoms with Crippen LogP contribution in [0.1, 0.15) is 11.1 Å². The minimum atomic E-state index is -0.993. The lowest BCUT2D eigenvalue weighted by Crippen LogP contribution is -2.39. The van der Waals surface area contributed by atoms with Gasteiger partial charge in [0.15, 0.2) is 0 Å². The van der Waals surface area contributed by atoms with Gasteiger partial charge in [-0.2, -0.15) is 0 Å². The van der Waals surface area contributed by atoms with Crippen LogP contribution in [0.5, 0.6) is 0 Å². The van der Waals surface area contributed by atoms with Crippen molar-refractivity contribution in [1.29, 1.82) is 0 Å². The van der Waals surface area contributed by atoms with Crippen LogP contribution in [0.3, 0.4) is 0 Å². The minimum Gasteiger partial charge on any atom is -0.481 e. The number of nitrogens with one attached hydrogen (secondary N) is 1. The van der Waals surface area contributed by atoms with Crippen molar-refractivity contribution in [3.05, 3.63) is 41.5 Å². The van der Waals surface area contributed by atoms with Crippen LogP contribution in [-0.4, -0.2) is 29.2 Å². The van der Waals surface area contributed by atoms with E-state index in [2.05, 4.69) is 5.32 Å². The molecule has 0 aliphatic carbocycles. The number of carbonyl (C=O) groups is 2. The van der Waals surface area contributed by atoms with Crippen LogP contribution < -0.4 is 5.32 Å². The first-order valence-electron chi connectivity index (χ1n) is 6.92. The van der Waals surface area contributed by atoms with Crippen molar-refractivity contribution >= 4 is 17.6 Å².